The maximum Gasteiger partial charge on any atom is 0.325 e. The Morgan fingerprint density at radius 2 is 2.04 bits per heavy atom. The van der Waals surface area contributed by atoms with Crippen LogP contribution in [0.4, 0.5) is 0 Å². The Kier molecular flexibility index (Phi) is 7.28. The van der Waals surface area contributed by atoms with E-state index in [-0.39, 0.29) is 17.4 Å². The summed E-state index contributed by atoms with van der Waals surface area (Å²) in [5.41, 5.74) is 0.719. The molecule has 0 unspecified atom stereocenters. The van der Waals surface area contributed by atoms with Crippen molar-refractivity contribution < 1.29 is 17.5 Å². The van der Waals surface area contributed by atoms with Gasteiger partial charge in [-0.05, 0) is 18.1 Å². The number of unbranched alkanes of at least 4 members (excludes halogenated alkanes) is 1. The zero-order chi connectivity index (χ0) is 19.2. The molecule has 2 rings (SSSR count). The standard InChI is InChI=1S/C18H24N2O4S2/c1-4-6-9-13(5-2)12-15(21)17(20-24-26(3,22)23)18-19-14-10-7-8-11-16(14)25-18/h7-8,10-11,13H,4-6,9,12H2,1-3H3/b20-17+/t13-/m1/s1. The number of carbonyl (C=O) groups excluding carboxylic acids is 1. The summed E-state index contributed by atoms with van der Waals surface area (Å²) in [5.74, 6) is -0.00378. The highest BCUT2D eigenvalue weighted by atomic mass is 32.2. The number of ketones is 1. The molecule has 0 spiro atoms. The number of oxime groups is 1. The molecule has 0 saturated carbocycles. The highest BCUT2D eigenvalue weighted by Crippen LogP contribution is 2.24. The highest BCUT2D eigenvalue weighted by molar-refractivity contribution is 7.85. The lowest BCUT2D eigenvalue weighted by atomic mass is 9.92. The summed E-state index contributed by atoms with van der Waals surface area (Å²) in [7, 11) is -3.80. The Hall–Kier alpha value is -1.80. The summed E-state index contributed by atoms with van der Waals surface area (Å²) in [6, 6.07) is 7.47. The van der Waals surface area contributed by atoms with Crippen LogP contribution >= 0.6 is 11.3 Å². The Balaban J connectivity index is 2.32. The van der Waals surface area contributed by atoms with Crippen LogP contribution in [-0.2, 0) is 19.2 Å². The molecule has 2 aromatic rings. The fraction of sp³-hybridized carbons (Fsp3) is 0.500. The third-order valence-electron chi connectivity index (χ3n) is 4.04. The van der Waals surface area contributed by atoms with Crippen molar-refractivity contribution in [3.8, 4) is 0 Å². The van der Waals surface area contributed by atoms with Crippen LogP contribution in [-0.4, -0.2) is 31.2 Å². The maximum atomic E-state index is 12.8. The third-order valence-corrected chi connectivity index (χ3v) is 5.43. The number of fused-ring (bicyclic) bond motifs is 1. The molecule has 0 saturated heterocycles. The van der Waals surface area contributed by atoms with Crippen molar-refractivity contribution >= 4 is 43.2 Å². The van der Waals surface area contributed by atoms with Crippen LogP contribution in [0.15, 0.2) is 29.4 Å². The van der Waals surface area contributed by atoms with Gasteiger partial charge in [-0.3, -0.25) is 9.08 Å². The predicted molar refractivity (Wildman–Crippen MR) is 105 cm³/mol. The first-order valence-corrected chi connectivity index (χ1v) is 11.3. The maximum absolute atomic E-state index is 12.8. The number of carbonyl (C=O) groups is 1. The number of benzene rings is 1. The zero-order valence-electron chi connectivity index (χ0n) is 15.3. The minimum Gasteiger partial charge on any atom is -0.292 e. The third kappa shape index (κ3) is 5.88. The predicted octanol–water partition coefficient (Wildman–Crippen LogP) is 4.15. The van der Waals surface area contributed by atoms with E-state index in [4.69, 9.17) is 0 Å². The molecule has 1 heterocycles. The first kappa shape index (κ1) is 20.5. The van der Waals surface area contributed by atoms with Crippen LogP contribution in [0.1, 0.15) is 51.0 Å². The van der Waals surface area contributed by atoms with Crippen LogP contribution in [0.5, 0.6) is 0 Å². The van der Waals surface area contributed by atoms with Crippen LogP contribution < -0.4 is 0 Å². The van der Waals surface area contributed by atoms with Crippen molar-refractivity contribution in [2.45, 2.75) is 46.0 Å². The SMILES string of the molecule is CCCC[C@@H](CC)CC(=O)/C(=N\OS(C)(=O)=O)c1nc2ccccc2s1. The van der Waals surface area contributed by atoms with Crippen molar-refractivity contribution in [1.29, 1.82) is 0 Å². The molecule has 6 nitrogen and oxygen atoms in total. The second kappa shape index (κ2) is 9.23. The number of hydrogen-bond acceptors (Lipinski definition) is 7. The molecule has 0 aliphatic carbocycles. The second-order valence-electron chi connectivity index (χ2n) is 6.25. The fourth-order valence-electron chi connectivity index (χ4n) is 2.59. The first-order chi connectivity index (χ1) is 12.3. The van der Waals surface area contributed by atoms with E-state index < -0.39 is 10.1 Å². The fourth-order valence-corrected chi connectivity index (χ4v) is 3.76. The Bertz CT molecular complexity index is 854. The van der Waals surface area contributed by atoms with Gasteiger partial charge >= 0.3 is 10.1 Å². The van der Waals surface area contributed by atoms with E-state index in [0.717, 1.165) is 42.2 Å². The second-order valence-corrected chi connectivity index (χ2v) is 8.84. The lowest BCUT2D eigenvalue weighted by Crippen LogP contribution is -2.20. The van der Waals surface area contributed by atoms with Crippen LogP contribution in [0.2, 0.25) is 0 Å². The quantitative estimate of drug-likeness (QED) is 0.445. The zero-order valence-corrected chi connectivity index (χ0v) is 16.9. The lowest BCUT2D eigenvalue weighted by molar-refractivity contribution is -0.113. The number of hydrogen-bond donors (Lipinski definition) is 0. The van der Waals surface area contributed by atoms with Gasteiger partial charge < -0.3 is 0 Å². The molecule has 8 heteroatoms. The molecular weight excluding hydrogens is 372 g/mol. The Morgan fingerprint density at radius 1 is 1.31 bits per heavy atom. The highest BCUT2D eigenvalue weighted by Gasteiger charge is 2.23. The largest absolute Gasteiger partial charge is 0.325 e. The van der Waals surface area contributed by atoms with E-state index in [9.17, 15) is 13.2 Å². The Morgan fingerprint density at radius 3 is 2.65 bits per heavy atom. The van der Waals surface area contributed by atoms with Gasteiger partial charge in [0, 0.05) is 6.42 Å². The molecular formula is C18H24N2O4S2. The summed E-state index contributed by atoms with van der Waals surface area (Å²) < 4.78 is 28.1. The topological polar surface area (TPSA) is 85.7 Å². The van der Waals surface area contributed by atoms with Gasteiger partial charge in [-0.15, -0.1) is 11.3 Å². The van der Waals surface area contributed by atoms with Gasteiger partial charge in [-0.2, -0.15) is 8.42 Å². The van der Waals surface area contributed by atoms with Crippen molar-refractivity contribution in [2.75, 3.05) is 6.26 Å². The minimum absolute atomic E-state index is 0.0217. The van der Waals surface area contributed by atoms with E-state index >= 15 is 0 Å². The van der Waals surface area contributed by atoms with Gasteiger partial charge in [0.1, 0.15) is 5.01 Å². The van der Waals surface area contributed by atoms with E-state index in [2.05, 4.69) is 28.3 Å². The van der Waals surface area contributed by atoms with Gasteiger partial charge in [0.05, 0.1) is 16.5 Å². The minimum atomic E-state index is -3.80. The smallest absolute Gasteiger partial charge is 0.292 e. The monoisotopic (exact) mass is 396 g/mol. The summed E-state index contributed by atoms with van der Waals surface area (Å²) in [4.78, 5) is 17.3. The van der Waals surface area contributed by atoms with E-state index in [1.54, 1.807) is 0 Å². The van der Waals surface area contributed by atoms with Crippen LogP contribution in [0, 0.1) is 5.92 Å². The first-order valence-electron chi connectivity index (χ1n) is 8.69. The molecule has 0 aliphatic rings. The van der Waals surface area contributed by atoms with E-state index in [1.165, 1.54) is 11.3 Å². The summed E-state index contributed by atoms with van der Waals surface area (Å²) in [6.07, 6.45) is 5.16. The average Bonchev–Trinajstić information content (AvgIpc) is 3.01. The molecule has 0 amide bonds. The van der Waals surface area contributed by atoms with Crippen LogP contribution in [0.25, 0.3) is 10.2 Å². The van der Waals surface area contributed by atoms with Crippen molar-refractivity contribution in [2.24, 2.45) is 11.1 Å². The molecule has 0 N–H and O–H groups in total. The molecule has 1 atom stereocenters. The van der Waals surface area contributed by atoms with Crippen molar-refractivity contribution in [3.63, 3.8) is 0 Å². The van der Waals surface area contributed by atoms with Gasteiger partial charge in [0.2, 0.25) is 0 Å². The van der Waals surface area contributed by atoms with E-state index in [1.807, 2.05) is 24.3 Å². The molecule has 0 aliphatic heterocycles. The van der Waals surface area contributed by atoms with Gasteiger partial charge in [-0.25, -0.2) is 4.98 Å². The molecule has 1 aromatic carbocycles. The summed E-state index contributed by atoms with van der Waals surface area (Å²) >= 11 is 1.30. The molecule has 0 radical (unpaired) electrons. The van der Waals surface area contributed by atoms with Crippen molar-refractivity contribution in [1.82, 2.24) is 4.98 Å². The average molecular weight is 397 g/mol. The number of para-hydroxylation sites is 1. The number of Topliss-reactive ketones (excluding diaryl/α,β-unsaturated/α-hetero) is 1. The van der Waals surface area contributed by atoms with Gasteiger partial charge in [-0.1, -0.05) is 56.8 Å². The molecule has 1 aromatic heterocycles. The molecule has 26 heavy (non-hydrogen) atoms. The number of aromatic nitrogens is 1. The lowest BCUT2D eigenvalue weighted by Gasteiger charge is -2.13. The van der Waals surface area contributed by atoms with Crippen molar-refractivity contribution in [3.05, 3.63) is 29.3 Å². The van der Waals surface area contributed by atoms with Gasteiger partial charge in [0.25, 0.3) is 0 Å². The van der Waals surface area contributed by atoms with E-state index in [0.29, 0.717) is 11.4 Å². The van der Waals surface area contributed by atoms with Gasteiger partial charge in [0.15, 0.2) is 11.5 Å². The summed E-state index contributed by atoms with van der Waals surface area (Å²) in [6.45, 7) is 4.16. The molecule has 0 fully saturated rings. The number of thiazole rings is 1. The summed E-state index contributed by atoms with van der Waals surface area (Å²) in [5, 5.41) is 4.03. The number of nitrogens with zero attached hydrogens (tertiary/aromatic N) is 2. The Labute approximate surface area is 158 Å². The normalized spacial score (nSPS) is 13.7. The molecule has 142 valence electrons. The van der Waals surface area contributed by atoms with Crippen LogP contribution in [0.3, 0.4) is 0 Å². The number of rotatable bonds is 10. The molecule has 0 bridgehead atoms.